The Morgan fingerprint density at radius 2 is 2.19 bits per heavy atom. The van der Waals surface area contributed by atoms with Crippen LogP contribution in [0.1, 0.15) is 16.1 Å². The maximum atomic E-state index is 11.3. The average molecular weight is 286 g/mol. The van der Waals surface area contributed by atoms with Crippen molar-refractivity contribution in [3.05, 3.63) is 35.7 Å². The van der Waals surface area contributed by atoms with Crippen LogP contribution in [0.25, 0.3) is 22.2 Å². The van der Waals surface area contributed by atoms with Crippen molar-refractivity contribution in [2.75, 3.05) is 7.11 Å². The molecule has 6 heteroatoms. The highest BCUT2D eigenvalue weighted by molar-refractivity contribution is 6.03. The van der Waals surface area contributed by atoms with Crippen molar-refractivity contribution in [3.8, 4) is 17.1 Å². The Bertz CT molecular complexity index is 845. The molecule has 108 valence electrons. The van der Waals surface area contributed by atoms with E-state index < -0.39 is 5.97 Å². The fourth-order valence-electron chi connectivity index (χ4n) is 2.53. The molecule has 0 unspecified atom stereocenters. The Balaban J connectivity index is 2.35. The number of aromatic carboxylic acids is 1. The molecule has 21 heavy (non-hydrogen) atoms. The Kier molecular flexibility index (Phi) is 2.94. The van der Waals surface area contributed by atoms with Gasteiger partial charge in [-0.25, -0.2) is 4.79 Å². The number of ether oxygens (including phenoxy) is 1. The summed E-state index contributed by atoms with van der Waals surface area (Å²) in [6, 6.07) is 5.63. The average Bonchev–Trinajstić information content (AvgIpc) is 3.04. The zero-order valence-electron chi connectivity index (χ0n) is 11.9. The number of carbonyl (C=O) groups is 1. The van der Waals surface area contributed by atoms with E-state index >= 15 is 0 Å². The Labute approximate surface area is 120 Å². The van der Waals surface area contributed by atoms with Crippen LogP contribution in [0.3, 0.4) is 0 Å². The summed E-state index contributed by atoms with van der Waals surface area (Å²) >= 11 is 0. The van der Waals surface area contributed by atoms with Crippen molar-refractivity contribution in [1.82, 2.24) is 9.72 Å². The molecule has 0 aliphatic carbocycles. The lowest BCUT2D eigenvalue weighted by atomic mass is 10.1. The number of carboxylic acids is 1. The van der Waals surface area contributed by atoms with Gasteiger partial charge in [-0.15, -0.1) is 0 Å². The summed E-state index contributed by atoms with van der Waals surface area (Å²) in [7, 11) is 3.52. The highest BCUT2D eigenvalue weighted by Crippen LogP contribution is 2.37. The van der Waals surface area contributed by atoms with Crippen LogP contribution in [-0.2, 0) is 7.05 Å². The second-order valence-corrected chi connectivity index (χ2v) is 4.78. The molecule has 3 rings (SSSR count). The van der Waals surface area contributed by atoms with Gasteiger partial charge >= 0.3 is 5.97 Å². The summed E-state index contributed by atoms with van der Waals surface area (Å²) in [5, 5.41) is 13.8. The van der Waals surface area contributed by atoms with Gasteiger partial charge in [-0.2, -0.15) is 0 Å². The molecule has 0 saturated heterocycles. The molecule has 0 aliphatic heterocycles. The standard InChI is InChI=1S/C15H14N2O4/c1-8-13(14-11(15(18)19)7-16-21-14)10-5-4-9(20-3)6-12(10)17(8)2/h4-7H,1-3H3,(H,18,19). The molecule has 2 aromatic heterocycles. The molecule has 1 N–H and O–H groups in total. The molecule has 2 heterocycles. The number of benzene rings is 1. The van der Waals surface area contributed by atoms with Gasteiger partial charge in [0.25, 0.3) is 0 Å². The maximum Gasteiger partial charge on any atom is 0.341 e. The summed E-state index contributed by atoms with van der Waals surface area (Å²) in [4.78, 5) is 11.3. The highest BCUT2D eigenvalue weighted by Gasteiger charge is 2.23. The minimum absolute atomic E-state index is 0.0569. The number of fused-ring (bicyclic) bond motifs is 1. The summed E-state index contributed by atoms with van der Waals surface area (Å²) < 4.78 is 12.4. The topological polar surface area (TPSA) is 77.5 Å². The number of hydrogen-bond acceptors (Lipinski definition) is 4. The number of aryl methyl sites for hydroxylation is 1. The first-order valence-corrected chi connectivity index (χ1v) is 6.36. The molecule has 0 aliphatic rings. The zero-order chi connectivity index (χ0) is 15.1. The van der Waals surface area contributed by atoms with Gasteiger partial charge in [-0.3, -0.25) is 0 Å². The number of hydrogen-bond donors (Lipinski definition) is 1. The largest absolute Gasteiger partial charge is 0.497 e. The van der Waals surface area contributed by atoms with Gasteiger partial charge in [0.2, 0.25) is 0 Å². The molecule has 0 atom stereocenters. The van der Waals surface area contributed by atoms with Gasteiger partial charge in [-0.1, -0.05) is 5.16 Å². The molecule has 0 radical (unpaired) electrons. The Morgan fingerprint density at radius 1 is 1.43 bits per heavy atom. The molecule has 0 amide bonds. The van der Waals surface area contributed by atoms with Crippen LogP contribution in [0.4, 0.5) is 0 Å². The molecule has 0 saturated carbocycles. The first-order chi connectivity index (χ1) is 10.0. The van der Waals surface area contributed by atoms with Crippen molar-refractivity contribution >= 4 is 16.9 Å². The minimum Gasteiger partial charge on any atom is -0.497 e. The van der Waals surface area contributed by atoms with Crippen molar-refractivity contribution in [2.45, 2.75) is 6.92 Å². The summed E-state index contributed by atoms with van der Waals surface area (Å²) in [5.41, 5.74) is 2.64. The normalized spacial score (nSPS) is 11.0. The van der Waals surface area contributed by atoms with Crippen LogP contribution in [0.15, 0.2) is 28.9 Å². The summed E-state index contributed by atoms with van der Waals surface area (Å²) in [6.07, 6.45) is 1.22. The van der Waals surface area contributed by atoms with Crippen molar-refractivity contribution in [3.63, 3.8) is 0 Å². The van der Waals surface area contributed by atoms with E-state index in [2.05, 4.69) is 5.16 Å². The van der Waals surface area contributed by atoms with Gasteiger partial charge in [-0.05, 0) is 19.1 Å². The third-order valence-corrected chi connectivity index (χ3v) is 3.73. The molecule has 0 spiro atoms. The number of aromatic nitrogens is 2. The van der Waals surface area contributed by atoms with Crippen LogP contribution >= 0.6 is 0 Å². The van der Waals surface area contributed by atoms with E-state index in [1.165, 1.54) is 6.20 Å². The van der Waals surface area contributed by atoms with E-state index in [9.17, 15) is 9.90 Å². The molecule has 6 nitrogen and oxygen atoms in total. The van der Waals surface area contributed by atoms with Crippen molar-refractivity contribution < 1.29 is 19.2 Å². The van der Waals surface area contributed by atoms with Gasteiger partial charge < -0.3 is 18.9 Å². The third-order valence-electron chi connectivity index (χ3n) is 3.73. The van der Waals surface area contributed by atoms with Crippen molar-refractivity contribution in [1.29, 1.82) is 0 Å². The number of nitrogens with zero attached hydrogens (tertiary/aromatic N) is 2. The third kappa shape index (κ3) is 1.87. The Hall–Kier alpha value is -2.76. The SMILES string of the molecule is COc1ccc2c(-c3oncc3C(=O)O)c(C)n(C)c2c1. The molecular formula is C15H14N2O4. The minimum atomic E-state index is -1.06. The number of carboxylic acid groups (broad SMARTS) is 1. The predicted molar refractivity (Wildman–Crippen MR) is 76.7 cm³/mol. The van der Waals surface area contributed by atoms with Gasteiger partial charge in [0.1, 0.15) is 11.3 Å². The highest BCUT2D eigenvalue weighted by atomic mass is 16.5. The quantitative estimate of drug-likeness (QED) is 0.801. The molecule has 3 aromatic rings. The fourth-order valence-corrected chi connectivity index (χ4v) is 2.53. The van der Waals surface area contributed by atoms with E-state index in [1.807, 2.05) is 36.7 Å². The lowest BCUT2D eigenvalue weighted by Crippen LogP contribution is -1.97. The van der Waals surface area contributed by atoms with Gasteiger partial charge in [0.15, 0.2) is 5.76 Å². The van der Waals surface area contributed by atoms with Crippen LogP contribution in [-0.4, -0.2) is 27.9 Å². The van der Waals surface area contributed by atoms with E-state index in [-0.39, 0.29) is 11.3 Å². The first-order valence-electron chi connectivity index (χ1n) is 6.36. The van der Waals surface area contributed by atoms with Gasteiger partial charge in [0.05, 0.1) is 18.8 Å². The molecule has 0 fully saturated rings. The zero-order valence-corrected chi connectivity index (χ0v) is 11.9. The van der Waals surface area contributed by atoms with Gasteiger partial charge in [0, 0.05) is 29.8 Å². The Morgan fingerprint density at radius 3 is 2.86 bits per heavy atom. The maximum absolute atomic E-state index is 11.3. The van der Waals surface area contributed by atoms with E-state index in [1.54, 1.807) is 7.11 Å². The molecule has 0 bridgehead atoms. The van der Waals surface area contributed by atoms with Crippen molar-refractivity contribution in [2.24, 2.45) is 7.05 Å². The number of methoxy groups -OCH3 is 1. The van der Waals surface area contributed by atoms with Crippen LogP contribution in [0, 0.1) is 6.92 Å². The van der Waals surface area contributed by atoms with Crippen LogP contribution < -0.4 is 4.74 Å². The molecule has 1 aromatic carbocycles. The van der Waals surface area contributed by atoms with E-state index in [0.29, 0.717) is 0 Å². The summed E-state index contributed by atoms with van der Waals surface area (Å²) in [5.74, 6) is -0.0439. The second-order valence-electron chi connectivity index (χ2n) is 4.78. The number of rotatable bonds is 3. The lowest BCUT2D eigenvalue weighted by Gasteiger charge is -2.01. The monoisotopic (exact) mass is 286 g/mol. The lowest BCUT2D eigenvalue weighted by molar-refractivity contribution is 0.0697. The van der Waals surface area contributed by atoms with Crippen LogP contribution in [0.2, 0.25) is 0 Å². The predicted octanol–water partition coefficient (Wildman–Crippen LogP) is 2.85. The fraction of sp³-hybridized carbons (Fsp3) is 0.200. The van der Waals surface area contributed by atoms with Crippen LogP contribution in [0.5, 0.6) is 5.75 Å². The first kappa shape index (κ1) is 13.2. The smallest absolute Gasteiger partial charge is 0.341 e. The molecular weight excluding hydrogens is 272 g/mol. The second kappa shape index (κ2) is 4.66. The van der Waals surface area contributed by atoms with E-state index in [0.717, 1.165) is 27.9 Å². The van der Waals surface area contributed by atoms with E-state index in [4.69, 9.17) is 9.26 Å². The summed E-state index contributed by atoms with van der Waals surface area (Å²) in [6.45, 7) is 1.91.